The zero-order chi connectivity index (χ0) is 17.5. The number of benzene rings is 1. The monoisotopic (exact) mass is 484 g/mol. The van der Waals surface area contributed by atoms with Gasteiger partial charge in [0.15, 0.2) is 5.96 Å². The zero-order valence-corrected chi connectivity index (χ0v) is 18.2. The van der Waals surface area contributed by atoms with Gasteiger partial charge in [-0.15, -0.1) is 35.7 Å². The first-order chi connectivity index (χ1) is 12.2. The van der Waals surface area contributed by atoms with Crippen molar-refractivity contribution in [1.82, 2.24) is 15.6 Å². The third kappa shape index (κ3) is 6.05. The molecule has 0 bridgehead atoms. The van der Waals surface area contributed by atoms with Crippen LogP contribution in [0.4, 0.5) is 0 Å². The number of halogens is 1. The number of nitrogens with one attached hydrogen (secondary N) is 2. The predicted octanol–water partition coefficient (Wildman–Crippen LogP) is 3.70. The minimum atomic E-state index is 0. The molecule has 3 rings (SSSR count). The first kappa shape index (κ1) is 20.8. The van der Waals surface area contributed by atoms with Crippen LogP contribution in [0.5, 0.6) is 5.88 Å². The number of aliphatic imine (C=N–C) groups is 1. The summed E-state index contributed by atoms with van der Waals surface area (Å²) in [5.74, 6) is 1.44. The first-order valence-electron chi connectivity index (χ1n) is 8.40. The highest BCUT2D eigenvalue weighted by atomic mass is 127. The number of rotatable bonds is 7. The number of aromatic nitrogens is 1. The molecule has 7 heteroatoms. The molecule has 0 saturated heterocycles. The van der Waals surface area contributed by atoms with Gasteiger partial charge in [-0.25, -0.2) is 4.98 Å². The minimum absolute atomic E-state index is 0. The number of nitrogens with zero attached hydrogens (tertiary/aromatic N) is 2. The van der Waals surface area contributed by atoms with Crippen molar-refractivity contribution in [3.05, 3.63) is 54.2 Å². The van der Waals surface area contributed by atoms with Gasteiger partial charge < -0.3 is 15.4 Å². The highest BCUT2D eigenvalue weighted by molar-refractivity contribution is 14.0. The lowest BCUT2D eigenvalue weighted by molar-refractivity contribution is 0.397. The molecule has 5 nitrogen and oxygen atoms in total. The van der Waals surface area contributed by atoms with Crippen molar-refractivity contribution in [1.29, 1.82) is 0 Å². The summed E-state index contributed by atoms with van der Waals surface area (Å²) in [7, 11) is 3.42. The SMILES string of the molecule is CN=C(NCc1ccc(OC)nc1)NCC1(Sc2ccccc2)CC1.I. The van der Waals surface area contributed by atoms with Crippen LogP contribution in [0.3, 0.4) is 0 Å². The number of pyridine rings is 1. The topological polar surface area (TPSA) is 58.5 Å². The third-order valence-corrected chi connectivity index (χ3v) is 5.65. The lowest BCUT2D eigenvalue weighted by Crippen LogP contribution is -2.40. The number of hydrogen-bond donors (Lipinski definition) is 2. The number of ether oxygens (including phenoxy) is 1. The smallest absolute Gasteiger partial charge is 0.212 e. The quantitative estimate of drug-likeness (QED) is 0.357. The molecule has 0 aliphatic heterocycles. The van der Waals surface area contributed by atoms with Gasteiger partial charge in [-0.1, -0.05) is 24.3 Å². The molecule has 1 heterocycles. The first-order valence-corrected chi connectivity index (χ1v) is 9.22. The van der Waals surface area contributed by atoms with Crippen LogP contribution in [-0.2, 0) is 6.54 Å². The molecule has 0 unspecified atom stereocenters. The van der Waals surface area contributed by atoms with E-state index in [1.54, 1.807) is 14.2 Å². The lowest BCUT2D eigenvalue weighted by Gasteiger charge is -2.18. The van der Waals surface area contributed by atoms with Gasteiger partial charge in [0.2, 0.25) is 5.88 Å². The summed E-state index contributed by atoms with van der Waals surface area (Å²) >= 11 is 1.96. The summed E-state index contributed by atoms with van der Waals surface area (Å²) in [5.41, 5.74) is 1.09. The maximum Gasteiger partial charge on any atom is 0.212 e. The van der Waals surface area contributed by atoms with Gasteiger partial charge in [-0.2, -0.15) is 0 Å². The van der Waals surface area contributed by atoms with Crippen LogP contribution < -0.4 is 15.4 Å². The van der Waals surface area contributed by atoms with E-state index in [0.717, 1.165) is 18.1 Å². The summed E-state index contributed by atoms with van der Waals surface area (Å²) in [5, 5.41) is 6.79. The number of thioether (sulfide) groups is 1. The fourth-order valence-corrected chi connectivity index (χ4v) is 3.72. The number of hydrogen-bond acceptors (Lipinski definition) is 4. The van der Waals surface area contributed by atoms with Gasteiger partial charge in [-0.05, 0) is 30.5 Å². The van der Waals surface area contributed by atoms with Crippen molar-refractivity contribution in [3.63, 3.8) is 0 Å². The van der Waals surface area contributed by atoms with Crippen LogP contribution >= 0.6 is 35.7 Å². The van der Waals surface area contributed by atoms with Gasteiger partial charge in [0, 0.05) is 42.0 Å². The Hall–Kier alpha value is -1.48. The summed E-state index contributed by atoms with van der Waals surface area (Å²) in [6, 6.07) is 14.5. The van der Waals surface area contributed by atoms with E-state index < -0.39 is 0 Å². The highest BCUT2D eigenvalue weighted by Crippen LogP contribution is 2.51. The molecule has 2 aromatic rings. The Morgan fingerprint density at radius 3 is 2.54 bits per heavy atom. The predicted molar refractivity (Wildman–Crippen MR) is 119 cm³/mol. The number of guanidine groups is 1. The fourth-order valence-electron chi connectivity index (χ4n) is 2.48. The summed E-state index contributed by atoms with van der Waals surface area (Å²) in [6.07, 6.45) is 4.28. The van der Waals surface area contributed by atoms with E-state index in [2.05, 4.69) is 50.9 Å². The molecule has 1 aromatic carbocycles. The van der Waals surface area contributed by atoms with E-state index in [0.29, 0.717) is 17.2 Å². The molecular formula is C19H25IN4OS. The second-order valence-electron chi connectivity index (χ2n) is 6.09. The van der Waals surface area contributed by atoms with Crippen molar-refractivity contribution >= 4 is 41.7 Å². The molecule has 0 amide bonds. The summed E-state index contributed by atoms with van der Waals surface area (Å²) in [6.45, 7) is 1.59. The average Bonchev–Trinajstić information content (AvgIpc) is 3.42. The maximum absolute atomic E-state index is 5.08. The van der Waals surface area contributed by atoms with Gasteiger partial charge >= 0.3 is 0 Å². The Morgan fingerprint density at radius 1 is 1.19 bits per heavy atom. The van der Waals surface area contributed by atoms with E-state index in [1.807, 2.05) is 30.1 Å². The molecule has 26 heavy (non-hydrogen) atoms. The van der Waals surface area contributed by atoms with Crippen LogP contribution in [0.15, 0.2) is 58.5 Å². The Bertz CT molecular complexity index is 705. The number of methoxy groups -OCH3 is 1. The Labute approximate surface area is 176 Å². The standard InChI is InChI=1S/C19H24N4OS.HI/c1-20-18(22-13-15-8-9-17(24-2)21-12-15)23-14-19(10-11-19)25-16-6-4-3-5-7-16;/h3-9,12H,10-11,13-14H2,1-2H3,(H2,20,22,23);1H. The second-order valence-corrected chi connectivity index (χ2v) is 7.63. The molecule has 0 spiro atoms. The molecule has 1 fully saturated rings. The summed E-state index contributed by atoms with van der Waals surface area (Å²) < 4.78 is 5.37. The fraction of sp³-hybridized carbons (Fsp3) is 0.368. The van der Waals surface area contributed by atoms with Crippen molar-refractivity contribution < 1.29 is 4.74 Å². The third-order valence-electron chi connectivity index (χ3n) is 4.15. The molecule has 1 aromatic heterocycles. The normalized spacial score (nSPS) is 14.9. The van der Waals surface area contributed by atoms with E-state index >= 15 is 0 Å². The van der Waals surface area contributed by atoms with Crippen LogP contribution in [0.25, 0.3) is 0 Å². The molecule has 1 aliphatic rings. The van der Waals surface area contributed by atoms with Crippen LogP contribution in [0, 0.1) is 0 Å². The molecule has 0 radical (unpaired) electrons. The second kappa shape index (κ2) is 10.0. The van der Waals surface area contributed by atoms with Gasteiger partial charge in [0.05, 0.1) is 7.11 Å². The van der Waals surface area contributed by atoms with E-state index in [9.17, 15) is 0 Å². The summed E-state index contributed by atoms with van der Waals surface area (Å²) in [4.78, 5) is 9.86. The largest absolute Gasteiger partial charge is 0.481 e. The molecule has 1 aliphatic carbocycles. The Kier molecular flexibility index (Phi) is 8.02. The van der Waals surface area contributed by atoms with Crippen molar-refractivity contribution in [3.8, 4) is 5.88 Å². The van der Waals surface area contributed by atoms with E-state index in [-0.39, 0.29) is 24.0 Å². The molecule has 1 saturated carbocycles. The van der Waals surface area contributed by atoms with Crippen LogP contribution in [0.2, 0.25) is 0 Å². The lowest BCUT2D eigenvalue weighted by atomic mass is 10.3. The van der Waals surface area contributed by atoms with Crippen molar-refractivity contribution in [2.24, 2.45) is 4.99 Å². The van der Waals surface area contributed by atoms with Crippen LogP contribution in [-0.4, -0.2) is 36.4 Å². The molecule has 2 N–H and O–H groups in total. The minimum Gasteiger partial charge on any atom is -0.481 e. The van der Waals surface area contributed by atoms with Gasteiger partial charge in [0.25, 0.3) is 0 Å². The van der Waals surface area contributed by atoms with Gasteiger partial charge in [-0.3, -0.25) is 4.99 Å². The molecule has 0 atom stereocenters. The van der Waals surface area contributed by atoms with Crippen molar-refractivity contribution in [2.45, 2.75) is 29.0 Å². The van der Waals surface area contributed by atoms with E-state index in [4.69, 9.17) is 4.74 Å². The average molecular weight is 484 g/mol. The van der Waals surface area contributed by atoms with Crippen molar-refractivity contribution in [2.75, 3.05) is 20.7 Å². The highest BCUT2D eigenvalue weighted by Gasteiger charge is 2.43. The Balaban J connectivity index is 0.00000243. The molecule has 140 valence electrons. The molecular weight excluding hydrogens is 459 g/mol. The van der Waals surface area contributed by atoms with Gasteiger partial charge in [0.1, 0.15) is 0 Å². The Morgan fingerprint density at radius 2 is 1.96 bits per heavy atom. The zero-order valence-electron chi connectivity index (χ0n) is 15.1. The maximum atomic E-state index is 5.08. The van der Waals surface area contributed by atoms with Crippen LogP contribution in [0.1, 0.15) is 18.4 Å². The van der Waals surface area contributed by atoms with E-state index in [1.165, 1.54) is 17.7 Å².